The molecule has 0 N–H and O–H groups in total. The molecule has 14 rings (SSSR count). The zero-order valence-corrected chi connectivity index (χ0v) is 42.8. The van der Waals surface area contributed by atoms with Crippen molar-refractivity contribution in [3.8, 4) is 22.3 Å². The number of nitrogens with zero attached hydrogens (tertiary/aromatic N) is 2. The van der Waals surface area contributed by atoms with Gasteiger partial charge in [0.1, 0.15) is 0 Å². The Kier molecular flexibility index (Phi) is 7.98. The molecule has 0 unspecified atom stereocenters. The fourth-order valence-electron chi connectivity index (χ4n) is 12.5. The van der Waals surface area contributed by atoms with E-state index >= 15 is 0 Å². The van der Waals surface area contributed by atoms with Gasteiger partial charge in [-0.1, -0.05) is 156 Å². The molecule has 0 aliphatic rings. The lowest BCUT2D eigenvalue weighted by atomic mass is 9.84. The molecular formula is C68H60N2. The van der Waals surface area contributed by atoms with Crippen molar-refractivity contribution in [2.45, 2.75) is 105 Å². The molecule has 0 radical (unpaired) electrons. The van der Waals surface area contributed by atoms with Crippen LogP contribution in [0.25, 0.3) is 131 Å². The smallest absolute Gasteiger partial charge is 0.0620 e. The van der Waals surface area contributed by atoms with Crippen LogP contribution in [0.4, 0.5) is 0 Å². The minimum absolute atomic E-state index is 0.00710. The summed E-state index contributed by atoms with van der Waals surface area (Å²) in [5.41, 5.74) is 18.5. The minimum atomic E-state index is 0.00710. The van der Waals surface area contributed by atoms with Gasteiger partial charge in [-0.3, -0.25) is 0 Å². The van der Waals surface area contributed by atoms with Crippen LogP contribution < -0.4 is 0 Å². The minimum Gasteiger partial charge on any atom is -0.308 e. The van der Waals surface area contributed by atoms with E-state index in [1.807, 2.05) is 0 Å². The maximum atomic E-state index is 2.54. The van der Waals surface area contributed by atoms with Gasteiger partial charge in [-0.2, -0.15) is 0 Å². The summed E-state index contributed by atoms with van der Waals surface area (Å²) >= 11 is 0. The summed E-state index contributed by atoms with van der Waals surface area (Å²) in [5.74, 6) is 0. The van der Waals surface area contributed by atoms with Crippen molar-refractivity contribution >= 4 is 109 Å². The summed E-state index contributed by atoms with van der Waals surface area (Å²) in [7, 11) is 0. The SMILES string of the molecule is CC(C)(C)c1ccc2c(c1)c1cc(C(C)(C)C)cc3c4cc(-c5ccc6ccc7c(-c8ccc9c(c8)c8cc(C(C)(C)C)cc%10c%11cc(C(C)(C)C)ccc%11n9c8%10)ccc8ccc5c6c87)ccc4n2c31. The molecule has 342 valence electrons. The summed E-state index contributed by atoms with van der Waals surface area (Å²) in [5, 5.41) is 18.6. The van der Waals surface area contributed by atoms with E-state index in [0.29, 0.717) is 0 Å². The topological polar surface area (TPSA) is 8.82 Å². The summed E-state index contributed by atoms with van der Waals surface area (Å²) in [4.78, 5) is 0. The molecule has 70 heavy (non-hydrogen) atoms. The van der Waals surface area contributed by atoms with Crippen molar-refractivity contribution in [2.24, 2.45) is 0 Å². The third-order valence-corrected chi connectivity index (χ3v) is 16.5. The molecule has 0 saturated carbocycles. The van der Waals surface area contributed by atoms with Gasteiger partial charge in [0.2, 0.25) is 0 Å². The Hall–Kier alpha value is -7.16. The van der Waals surface area contributed by atoms with Crippen molar-refractivity contribution < 1.29 is 0 Å². The fourth-order valence-corrected chi connectivity index (χ4v) is 12.5. The standard InChI is InChI=1S/C68H60N2/c1-65(2,3)41-19-27-59-51(31-41)55-35-43(67(7,8)9)33-53-49-29-39(17-25-57(49)69(59)63(53)55)45-21-13-37-16-24-48-46(22-14-38-15-23-47(45)61(37)62(38)48)40-18-26-58-50(30-40)54-34-44(68(10,11)12)36-56-52-32-42(66(4,5)6)20-28-60(52)70(58)64(54)56/h13-36H,1-12H3. The average Bonchev–Trinajstić information content (AvgIpc) is 4.04. The molecule has 14 aromatic rings. The van der Waals surface area contributed by atoms with Gasteiger partial charge >= 0.3 is 0 Å². The molecule has 10 aromatic carbocycles. The van der Waals surface area contributed by atoms with Gasteiger partial charge in [0.25, 0.3) is 0 Å². The molecule has 0 fully saturated rings. The highest BCUT2D eigenvalue weighted by atomic mass is 14.9. The molecule has 2 heteroatoms. The van der Waals surface area contributed by atoms with Gasteiger partial charge < -0.3 is 8.80 Å². The van der Waals surface area contributed by atoms with Crippen molar-refractivity contribution in [1.82, 2.24) is 8.80 Å². The highest BCUT2D eigenvalue weighted by Crippen LogP contribution is 2.48. The predicted octanol–water partition coefficient (Wildman–Crippen LogP) is 19.4. The Morgan fingerprint density at radius 3 is 0.900 bits per heavy atom. The highest BCUT2D eigenvalue weighted by molar-refractivity contribution is 6.29. The highest BCUT2D eigenvalue weighted by Gasteiger charge is 2.27. The van der Waals surface area contributed by atoms with E-state index in [4.69, 9.17) is 0 Å². The van der Waals surface area contributed by atoms with Crippen LogP contribution in [0.5, 0.6) is 0 Å². The van der Waals surface area contributed by atoms with Gasteiger partial charge in [-0.05, 0) is 171 Å². The third-order valence-electron chi connectivity index (χ3n) is 16.5. The molecular weight excluding hydrogens is 845 g/mol. The summed E-state index contributed by atoms with van der Waals surface area (Å²) < 4.78 is 5.07. The average molecular weight is 905 g/mol. The maximum absolute atomic E-state index is 2.54. The van der Waals surface area contributed by atoms with Crippen LogP contribution in [0, 0.1) is 0 Å². The summed E-state index contributed by atoms with van der Waals surface area (Å²) in [6.07, 6.45) is 0. The monoisotopic (exact) mass is 904 g/mol. The van der Waals surface area contributed by atoms with Gasteiger partial charge in [-0.15, -0.1) is 0 Å². The summed E-state index contributed by atoms with van der Waals surface area (Å²) in [6.45, 7) is 28.0. The first-order chi connectivity index (χ1) is 33.2. The Labute approximate surface area is 410 Å². The number of benzene rings is 10. The van der Waals surface area contributed by atoms with E-state index in [2.05, 4.69) is 237 Å². The summed E-state index contributed by atoms with van der Waals surface area (Å²) in [6, 6.07) is 57.6. The van der Waals surface area contributed by atoms with Gasteiger partial charge in [0, 0.05) is 43.1 Å². The zero-order valence-electron chi connectivity index (χ0n) is 42.8. The van der Waals surface area contributed by atoms with Crippen molar-refractivity contribution in [3.05, 3.63) is 168 Å². The normalized spacial score (nSPS) is 13.7. The van der Waals surface area contributed by atoms with Gasteiger partial charge in [0.05, 0.1) is 33.1 Å². The number of hydrogen-bond acceptors (Lipinski definition) is 0. The second-order valence-corrected chi connectivity index (χ2v) is 25.1. The van der Waals surface area contributed by atoms with Crippen LogP contribution in [0.2, 0.25) is 0 Å². The van der Waals surface area contributed by atoms with Crippen LogP contribution in [0.15, 0.2) is 146 Å². The zero-order chi connectivity index (χ0) is 48.3. The Morgan fingerprint density at radius 1 is 0.257 bits per heavy atom. The molecule has 0 saturated heterocycles. The number of fused-ring (bicyclic) bond motifs is 12. The van der Waals surface area contributed by atoms with Crippen LogP contribution >= 0.6 is 0 Å². The van der Waals surface area contributed by atoms with E-state index in [0.717, 1.165) is 0 Å². The van der Waals surface area contributed by atoms with Crippen LogP contribution in [0.1, 0.15) is 105 Å². The molecule has 0 amide bonds. The number of aromatic nitrogens is 2. The molecule has 4 aromatic heterocycles. The van der Waals surface area contributed by atoms with Crippen molar-refractivity contribution in [2.75, 3.05) is 0 Å². The lowest BCUT2D eigenvalue weighted by Crippen LogP contribution is -2.11. The largest absolute Gasteiger partial charge is 0.308 e. The fraction of sp³-hybridized carbons (Fsp3) is 0.235. The Balaban J connectivity index is 0.964. The first-order valence-electron chi connectivity index (χ1n) is 25.5. The Morgan fingerprint density at radius 2 is 0.557 bits per heavy atom. The van der Waals surface area contributed by atoms with Crippen LogP contribution in [-0.4, -0.2) is 8.80 Å². The van der Waals surface area contributed by atoms with E-state index in [9.17, 15) is 0 Å². The molecule has 0 bridgehead atoms. The predicted molar refractivity (Wildman–Crippen MR) is 305 cm³/mol. The number of hydrogen-bond donors (Lipinski definition) is 0. The molecule has 0 spiro atoms. The van der Waals surface area contributed by atoms with E-state index in [1.54, 1.807) is 0 Å². The lowest BCUT2D eigenvalue weighted by Gasteiger charge is -2.20. The number of rotatable bonds is 2. The van der Waals surface area contributed by atoms with Crippen molar-refractivity contribution in [3.63, 3.8) is 0 Å². The maximum Gasteiger partial charge on any atom is 0.0620 e. The Bertz CT molecular complexity index is 4240. The van der Waals surface area contributed by atoms with Crippen LogP contribution in [-0.2, 0) is 21.7 Å². The molecule has 4 heterocycles. The quantitative estimate of drug-likeness (QED) is 0.153. The molecule has 0 atom stereocenters. The van der Waals surface area contributed by atoms with Crippen molar-refractivity contribution in [1.29, 1.82) is 0 Å². The van der Waals surface area contributed by atoms with E-state index in [-0.39, 0.29) is 21.7 Å². The molecule has 2 nitrogen and oxygen atoms in total. The first kappa shape index (κ1) is 41.8. The van der Waals surface area contributed by atoms with Crippen LogP contribution in [0.3, 0.4) is 0 Å². The van der Waals surface area contributed by atoms with Gasteiger partial charge in [0.15, 0.2) is 0 Å². The molecule has 0 aliphatic heterocycles. The van der Waals surface area contributed by atoms with E-state index in [1.165, 1.54) is 153 Å². The lowest BCUT2D eigenvalue weighted by molar-refractivity contribution is 0.590. The first-order valence-corrected chi connectivity index (χ1v) is 25.5. The molecule has 0 aliphatic carbocycles. The second kappa shape index (κ2) is 13.4. The third kappa shape index (κ3) is 5.62. The van der Waals surface area contributed by atoms with E-state index < -0.39 is 0 Å². The second-order valence-electron chi connectivity index (χ2n) is 25.1. The van der Waals surface area contributed by atoms with Gasteiger partial charge in [-0.25, -0.2) is 0 Å².